The number of fused-ring (bicyclic) bond motifs is 1. The number of carbonyl (C=O) groups excluding carboxylic acids is 1. The number of carboxylic acids is 1. The molecule has 1 atom stereocenters. The fourth-order valence-electron chi connectivity index (χ4n) is 2.38. The molecule has 0 spiro atoms. The van der Waals surface area contributed by atoms with E-state index in [0.717, 1.165) is 0 Å². The topological polar surface area (TPSA) is 142 Å². The highest BCUT2D eigenvalue weighted by Crippen LogP contribution is 2.30. The number of hydrogen-bond donors (Lipinski definition) is 4. The van der Waals surface area contributed by atoms with Crippen molar-refractivity contribution in [3.05, 3.63) is 29.3 Å². The first kappa shape index (κ1) is 21.0. The Morgan fingerprint density at radius 1 is 1.33 bits per heavy atom. The van der Waals surface area contributed by atoms with Gasteiger partial charge in [-0.15, -0.1) is 0 Å². The zero-order valence-electron chi connectivity index (χ0n) is 13.5. The normalized spacial score (nSPS) is 17.0. The van der Waals surface area contributed by atoms with Crippen LogP contribution in [-0.2, 0) is 21.2 Å². The summed E-state index contributed by atoms with van der Waals surface area (Å²) in [5.41, 5.74) is -5.25. The summed E-state index contributed by atoms with van der Waals surface area (Å²) in [6, 6.07) is 4.26. The van der Waals surface area contributed by atoms with Crippen LogP contribution in [0, 0.1) is 0 Å². The van der Waals surface area contributed by atoms with E-state index in [4.69, 9.17) is 9.76 Å². The number of hydrogen-bond acceptors (Lipinski definition) is 6. The minimum atomic E-state index is -5.55. The number of carbonyl (C=O) groups is 2. The summed E-state index contributed by atoms with van der Waals surface area (Å²) in [4.78, 5) is 22.9. The molecule has 0 bridgehead atoms. The smallest absolute Gasteiger partial charge is 0.534 e. The molecule has 0 saturated heterocycles. The van der Waals surface area contributed by atoms with Crippen LogP contribution in [0.4, 0.5) is 13.2 Å². The molecule has 1 aromatic rings. The van der Waals surface area contributed by atoms with Crippen LogP contribution in [0.5, 0.6) is 5.75 Å². The number of nitrogens with one attached hydrogen (secondary N) is 2. The van der Waals surface area contributed by atoms with Crippen LogP contribution in [0.1, 0.15) is 22.3 Å². The second-order valence-corrected chi connectivity index (χ2v) is 7.34. The van der Waals surface area contributed by atoms with Crippen LogP contribution in [-0.4, -0.2) is 55.5 Å². The Labute approximate surface area is 151 Å². The van der Waals surface area contributed by atoms with E-state index in [1.807, 2.05) is 0 Å². The molecule has 0 aromatic heterocycles. The lowest BCUT2D eigenvalue weighted by atomic mass is 9.72. The molecule has 0 radical (unpaired) electrons. The van der Waals surface area contributed by atoms with E-state index in [1.54, 1.807) is 0 Å². The van der Waals surface area contributed by atoms with Gasteiger partial charge in [-0.1, -0.05) is 12.1 Å². The first-order valence-electron chi connectivity index (χ1n) is 7.47. The summed E-state index contributed by atoms with van der Waals surface area (Å²) in [6.07, 6.45) is -0.599. The minimum Gasteiger partial charge on any atom is -0.534 e. The molecule has 148 valence electrons. The highest BCUT2D eigenvalue weighted by Gasteiger charge is 2.45. The van der Waals surface area contributed by atoms with Crippen LogP contribution in [0.2, 0.25) is 0 Å². The van der Waals surface area contributed by atoms with Crippen LogP contribution in [0.25, 0.3) is 0 Å². The summed E-state index contributed by atoms with van der Waals surface area (Å²) in [7, 11) is -7.14. The predicted molar refractivity (Wildman–Crippen MR) is 85.2 cm³/mol. The van der Waals surface area contributed by atoms with Gasteiger partial charge in [-0.3, -0.25) is 4.79 Å². The maximum absolute atomic E-state index is 12.2. The van der Waals surface area contributed by atoms with E-state index in [1.165, 1.54) is 22.9 Å². The van der Waals surface area contributed by atoms with E-state index in [0.29, 0.717) is 5.56 Å². The van der Waals surface area contributed by atoms with Crippen molar-refractivity contribution in [1.29, 1.82) is 0 Å². The van der Waals surface area contributed by atoms with Gasteiger partial charge in [0.1, 0.15) is 5.75 Å². The molecule has 1 heterocycles. The largest absolute Gasteiger partial charge is 0.547 e. The van der Waals surface area contributed by atoms with Crippen molar-refractivity contribution in [2.24, 2.45) is 0 Å². The third kappa shape index (κ3) is 4.90. The summed E-state index contributed by atoms with van der Waals surface area (Å²) in [5.74, 6) is -3.13. The van der Waals surface area contributed by atoms with Gasteiger partial charge >= 0.3 is 28.6 Å². The minimum absolute atomic E-state index is 0.0115. The average Bonchev–Trinajstić information content (AvgIpc) is 2.53. The highest BCUT2D eigenvalue weighted by molar-refractivity contribution is 7.90. The van der Waals surface area contributed by atoms with Crippen molar-refractivity contribution in [2.75, 3.05) is 6.54 Å². The second-order valence-electron chi connectivity index (χ2n) is 5.58. The van der Waals surface area contributed by atoms with Gasteiger partial charge in [0, 0.05) is 13.0 Å². The summed E-state index contributed by atoms with van der Waals surface area (Å²) in [6.45, 7) is -0.795. The summed E-state index contributed by atoms with van der Waals surface area (Å²) >= 11 is 0. The third-order valence-electron chi connectivity index (χ3n) is 3.64. The van der Waals surface area contributed by atoms with Gasteiger partial charge < -0.3 is 20.1 Å². The van der Waals surface area contributed by atoms with Crippen LogP contribution < -0.4 is 14.7 Å². The number of amides is 1. The number of halogens is 3. The Balaban J connectivity index is 1.96. The van der Waals surface area contributed by atoms with E-state index < -0.39 is 53.4 Å². The molecule has 27 heavy (non-hydrogen) atoms. The number of rotatable bonds is 6. The summed E-state index contributed by atoms with van der Waals surface area (Å²) in [5, 5.41) is 21.3. The zero-order chi connectivity index (χ0) is 20.4. The van der Waals surface area contributed by atoms with Crippen molar-refractivity contribution >= 4 is 29.0 Å². The monoisotopic (exact) mass is 410 g/mol. The predicted octanol–water partition coefficient (Wildman–Crippen LogP) is -0.347. The van der Waals surface area contributed by atoms with Crippen LogP contribution >= 0.6 is 0 Å². The van der Waals surface area contributed by atoms with Gasteiger partial charge in [0.05, 0.1) is 11.5 Å². The molecule has 0 unspecified atom stereocenters. The van der Waals surface area contributed by atoms with E-state index in [2.05, 4.69) is 5.32 Å². The zero-order valence-corrected chi connectivity index (χ0v) is 14.3. The standard InChI is InChI=1S/C13H14BF3N2O7S/c15-13(16,17)27(24,25)18-5-4-10(20)19-9-6-7-2-1-3-8(12(21)22)11(7)26-14(9)23/h1-3,9,18,23H,4-6H2,(H,19,20)(H,21,22)/t9-/m0/s1. The van der Waals surface area contributed by atoms with Gasteiger partial charge in [0.2, 0.25) is 5.91 Å². The second kappa shape index (κ2) is 7.74. The van der Waals surface area contributed by atoms with Crippen molar-refractivity contribution in [2.45, 2.75) is 24.3 Å². The van der Waals surface area contributed by atoms with Crippen molar-refractivity contribution in [3.63, 3.8) is 0 Å². The molecule has 14 heteroatoms. The molecular formula is C13H14BF3N2O7S. The van der Waals surface area contributed by atoms with Crippen molar-refractivity contribution in [1.82, 2.24) is 10.0 Å². The number of alkyl halides is 3. The maximum Gasteiger partial charge on any atom is 0.547 e. The van der Waals surface area contributed by atoms with Crippen LogP contribution in [0.3, 0.4) is 0 Å². The Morgan fingerprint density at radius 2 is 2.00 bits per heavy atom. The number of sulfonamides is 1. The lowest BCUT2D eigenvalue weighted by molar-refractivity contribution is -0.121. The van der Waals surface area contributed by atoms with E-state index >= 15 is 0 Å². The molecule has 1 aromatic carbocycles. The molecule has 0 fully saturated rings. The number of para-hydroxylation sites is 1. The van der Waals surface area contributed by atoms with Gasteiger partial charge in [-0.2, -0.15) is 13.2 Å². The Bertz CT molecular complexity index is 847. The first-order valence-corrected chi connectivity index (χ1v) is 8.96. The summed E-state index contributed by atoms with van der Waals surface area (Å²) < 4.78 is 64.5. The van der Waals surface area contributed by atoms with E-state index in [9.17, 15) is 36.2 Å². The number of carboxylic acid groups (broad SMARTS) is 1. The van der Waals surface area contributed by atoms with Gasteiger partial charge in [-0.25, -0.2) is 17.9 Å². The molecule has 1 aliphatic heterocycles. The number of aromatic carboxylic acids is 1. The van der Waals surface area contributed by atoms with Gasteiger partial charge in [0.15, 0.2) is 0 Å². The highest BCUT2D eigenvalue weighted by atomic mass is 32.2. The van der Waals surface area contributed by atoms with Gasteiger partial charge in [0.25, 0.3) is 0 Å². The Morgan fingerprint density at radius 3 is 2.59 bits per heavy atom. The molecule has 0 saturated carbocycles. The van der Waals surface area contributed by atoms with Gasteiger partial charge in [-0.05, 0) is 18.1 Å². The average molecular weight is 410 g/mol. The Kier molecular flexibility index (Phi) is 6.02. The molecule has 9 nitrogen and oxygen atoms in total. The maximum atomic E-state index is 12.2. The van der Waals surface area contributed by atoms with Crippen molar-refractivity contribution in [3.8, 4) is 5.75 Å². The third-order valence-corrected chi connectivity index (χ3v) is 4.84. The SMILES string of the molecule is O=C(CCNS(=O)(=O)C(F)(F)F)N[C@H]1Cc2cccc(C(=O)O)c2OB1O. The fourth-order valence-corrected chi connectivity index (χ4v) is 2.91. The molecule has 2 rings (SSSR count). The molecule has 0 aliphatic carbocycles. The lowest BCUT2D eigenvalue weighted by Crippen LogP contribution is -2.53. The number of benzene rings is 1. The molecule has 1 amide bonds. The Hall–Kier alpha value is -2.32. The van der Waals surface area contributed by atoms with Crippen LogP contribution in [0.15, 0.2) is 18.2 Å². The molecular weight excluding hydrogens is 396 g/mol. The lowest BCUT2D eigenvalue weighted by Gasteiger charge is -2.28. The first-order chi connectivity index (χ1) is 12.4. The van der Waals surface area contributed by atoms with Crippen molar-refractivity contribution < 1.29 is 46.0 Å². The fraction of sp³-hybridized carbons (Fsp3) is 0.385. The van der Waals surface area contributed by atoms with E-state index in [-0.39, 0.29) is 17.7 Å². The molecule has 1 aliphatic rings. The quantitative estimate of drug-likeness (QED) is 0.470. The molecule has 4 N–H and O–H groups in total.